The van der Waals surface area contributed by atoms with E-state index in [2.05, 4.69) is 258 Å². The van der Waals surface area contributed by atoms with Gasteiger partial charge in [-0.1, -0.05) is 222 Å². The van der Waals surface area contributed by atoms with Gasteiger partial charge in [0.2, 0.25) is 0 Å². The number of hydrogen-bond acceptors (Lipinski definition) is 2. The van der Waals surface area contributed by atoms with E-state index in [1.165, 1.54) is 121 Å². The minimum atomic E-state index is -0.341. The summed E-state index contributed by atoms with van der Waals surface area (Å²) in [4.78, 5) is 0. The topological polar surface area (TPSA) is 18.5 Å². The highest BCUT2D eigenvalue weighted by molar-refractivity contribution is 6.28. The van der Waals surface area contributed by atoms with Crippen molar-refractivity contribution < 1.29 is 9.47 Å². The van der Waals surface area contributed by atoms with Gasteiger partial charge in [0.1, 0.15) is 23.0 Å². The van der Waals surface area contributed by atoms with Gasteiger partial charge in [-0.25, -0.2) is 0 Å². The molecule has 0 saturated heterocycles. The molecule has 0 radical (unpaired) electrons. The van der Waals surface area contributed by atoms with E-state index in [1.54, 1.807) is 0 Å². The Morgan fingerprint density at radius 1 is 0.250 bits per heavy atom. The van der Waals surface area contributed by atoms with Crippen LogP contribution < -0.4 is 9.47 Å². The molecule has 0 aliphatic carbocycles. The first kappa shape index (κ1) is 42.2. The quantitative estimate of drug-likeness (QED) is 0.160. The highest BCUT2D eigenvalue weighted by Crippen LogP contribution is 2.56. The summed E-state index contributed by atoms with van der Waals surface area (Å²) in [5.74, 6) is 3.62. The number of hydrogen-bond donors (Lipinski definition) is 0. The Morgan fingerprint density at radius 3 is 0.958 bits per heavy atom. The molecule has 2 heteroatoms. The second kappa shape index (κ2) is 15.9. The smallest absolute Gasteiger partial charge is 0.132 e. The molecule has 342 valence electrons. The van der Waals surface area contributed by atoms with E-state index in [1.807, 2.05) is 0 Å². The molecule has 0 saturated carbocycles. The molecule has 2 aliphatic heterocycles. The summed E-state index contributed by atoms with van der Waals surface area (Å²) in [6.45, 7) is 9.38. The maximum atomic E-state index is 6.80. The van der Waals surface area contributed by atoms with Crippen LogP contribution in [0.5, 0.6) is 23.0 Å². The number of rotatable bonds is 5. The Kier molecular flexibility index (Phi) is 9.32. The van der Waals surface area contributed by atoms with Gasteiger partial charge in [0, 0.05) is 33.1 Å². The fraction of sp³-hybridized carbons (Fsp3) is 0.0857. The lowest BCUT2D eigenvalue weighted by atomic mass is 9.72. The third-order valence-corrected chi connectivity index (χ3v) is 15.9. The lowest BCUT2D eigenvalue weighted by Gasteiger charge is -2.36. The van der Waals surface area contributed by atoms with Crippen molar-refractivity contribution in [1.82, 2.24) is 0 Å². The summed E-state index contributed by atoms with van der Waals surface area (Å²) in [6, 6.07) is 84.6. The molecule has 0 N–H and O–H groups in total. The van der Waals surface area contributed by atoms with Crippen molar-refractivity contribution in [2.24, 2.45) is 0 Å². The van der Waals surface area contributed by atoms with Crippen LogP contribution >= 0.6 is 0 Å². The minimum absolute atomic E-state index is 0.341. The molecule has 72 heavy (non-hydrogen) atoms. The first-order valence-corrected chi connectivity index (χ1v) is 25.2. The predicted molar refractivity (Wildman–Crippen MR) is 301 cm³/mol. The van der Waals surface area contributed by atoms with Gasteiger partial charge < -0.3 is 9.47 Å². The van der Waals surface area contributed by atoms with E-state index < -0.39 is 0 Å². The molecular formula is C70H50O2. The number of para-hydroxylation sites is 2. The molecule has 0 atom stereocenters. The van der Waals surface area contributed by atoms with Crippen LogP contribution in [0.15, 0.2) is 231 Å². The van der Waals surface area contributed by atoms with Crippen molar-refractivity contribution >= 4 is 43.1 Å². The summed E-state index contributed by atoms with van der Waals surface area (Å²) in [5, 5.41) is 9.63. The molecule has 0 aromatic heterocycles. The Hall–Kier alpha value is -8.72. The Morgan fingerprint density at radius 2 is 0.556 bits per heavy atom. The van der Waals surface area contributed by atoms with Gasteiger partial charge in [0.25, 0.3) is 0 Å². The lowest BCUT2D eigenvalue weighted by Crippen LogP contribution is -2.25. The third-order valence-electron chi connectivity index (χ3n) is 15.9. The van der Waals surface area contributed by atoms with Crippen molar-refractivity contribution in [2.75, 3.05) is 0 Å². The van der Waals surface area contributed by atoms with E-state index in [-0.39, 0.29) is 10.8 Å². The summed E-state index contributed by atoms with van der Waals surface area (Å²) >= 11 is 0. The van der Waals surface area contributed by atoms with E-state index in [9.17, 15) is 0 Å². The van der Waals surface area contributed by atoms with Crippen molar-refractivity contribution in [1.29, 1.82) is 0 Å². The van der Waals surface area contributed by atoms with Crippen LogP contribution in [0.4, 0.5) is 0 Å². The normalized spacial score (nSPS) is 14.0. The van der Waals surface area contributed by atoms with E-state index in [0.717, 1.165) is 23.0 Å². The summed E-state index contributed by atoms with van der Waals surface area (Å²) in [6.07, 6.45) is 0. The molecule has 2 nitrogen and oxygen atoms in total. The van der Waals surface area contributed by atoms with Crippen LogP contribution in [0.2, 0.25) is 0 Å². The van der Waals surface area contributed by atoms with Gasteiger partial charge in [-0.3, -0.25) is 0 Å². The highest BCUT2D eigenvalue weighted by Gasteiger charge is 2.38. The first-order chi connectivity index (χ1) is 35.3. The van der Waals surface area contributed by atoms with Gasteiger partial charge >= 0.3 is 0 Å². The lowest BCUT2D eigenvalue weighted by molar-refractivity contribution is 0.418. The molecule has 0 spiro atoms. The van der Waals surface area contributed by atoms with E-state index in [0.29, 0.717) is 0 Å². The van der Waals surface area contributed by atoms with Crippen molar-refractivity contribution in [3.63, 3.8) is 0 Å². The van der Waals surface area contributed by atoms with Crippen molar-refractivity contribution in [3.05, 3.63) is 253 Å². The Labute approximate surface area is 420 Å². The van der Waals surface area contributed by atoms with Crippen molar-refractivity contribution in [3.8, 4) is 78.6 Å². The minimum Gasteiger partial charge on any atom is -0.457 e. The Balaban J connectivity index is 1.15. The molecule has 2 aliphatic rings. The molecule has 14 rings (SSSR count). The van der Waals surface area contributed by atoms with E-state index >= 15 is 0 Å². The number of fused-ring (bicyclic) bond motifs is 8. The van der Waals surface area contributed by atoms with Crippen molar-refractivity contribution in [2.45, 2.75) is 38.5 Å². The molecule has 0 bridgehead atoms. The molecular weight excluding hydrogens is 873 g/mol. The first-order valence-electron chi connectivity index (χ1n) is 25.2. The summed E-state index contributed by atoms with van der Waals surface area (Å²) in [5.41, 5.74) is 16.0. The predicted octanol–water partition coefficient (Wildman–Crippen LogP) is 19.5. The van der Waals surface area contributed by atoms with Gasteiger partial charge in [-0.2, -0.15) is 0 Å². The second-order valence-corrected chi connectivity index (χ2v) is 20.6. The Bertz CT molecular complexity index is 3930. The van der Waals surface area contributed by atoms with Crippen LogP contribution in [0.1, 0.15) is 49.9 Å². The zero-order valence-electron chi connectivity index (χ0n) is 40.8. The van der Waals surface area contributed by atoms with Gasteiger partial charge in [-0.05, 0) is 135 Å². The zero-order chi connectivity index (χ0) is 48.3. The number of benzene rings is 12. The summed E-state index contributed by atoms with van der Waals surface area (Å²) in [7, 11) is 0. The van der Waals surface area contributed by atoms with Crippen LogP contribution in [0.3, 0.4) is 0 Å². The van der Waals surface area contributed by atoms with Gasteiger partial charge in [0.05, 0.1) is 0 Å². The third kappa shape index (κ3) is 6.22. The molecule has 0 amide bonds. The fourth-order valence-corrected chi connectivity index (χ4v) is 12.7. The SMILES string of the molecule is CC1(C)c2ccccc2Oc2cccc(-c3cccc4c(-c5c6cccc(-c7ccccc7)c6cc6c(-c7ccccc7)cccc56)c5cccc(-c6cccc7c6C(C)(C)c6ccccc6O7)c5cc34)c21. The highest BCUT2D eigenvalue weighted by atomic mass is 16.5. The van der Waals surface area contributed by atoms with Gasteiger partial charge in [0.15, 0.2) is 0 Å². The molecule has 0 unspecified atom stereocenters. The van der Waals surface area contributed by atoms with Crippen LogP contribution in [-0.4, -0.2) is 0 Å². The van der Waals surface area contributed by atoms with Gasteiger partial charge in [-0.15, -0.1) is 0 Å². The molecule has 2 heterocycles. The van der Waals surface area contributed by atoms with Crippen LogP contribution in [-0.2, 0) is 10.8 Å². The number of ether oxygens (including phenoxy) is 2. The average molecular weight is 923 g/mol. The average Bonchev–Trinajstić information content (AvgIpc) is 3.41. The molecule has 0 fully saturated rings. The maximum absolute atomic E-state index is 6.80. The largest absolute Gasteiger partial charge is 0.457 e. The summed E-state index contributed by atoms with van der Waals surface area (Å²) < 4.78 is 13.6. The maximum Gasteiger partial charge on any atom is 0.132 e. The molecule has 12 aromatic rings. The van der Waals surface area contributed by atoms with Crippen LogP contribution in [0, 0.1) is 0 Å². The molecule has 12 aromatic carbocycles. The van der Waals surface area contributed by atoms with E-state index in [4.69, 9.17) is 9.47 Å². The fourth-order valence-electron chi connectivity index (χ4n) is 12.7. The monoisotopic (exact) mass is 922 g/mol. The standard InChI is InChI=1S/C70H50O2/c1-69(2)59-35-11-13-37-61(59)71-63-39-19-33-53(67(63)69)47-27-17-31-51-57(47)42-58-48(54-34-20-40-64-68(54)70(3,4)60-36-12-14-38-62(60)72-64)28-18-32-52(58)66(51)65-49-29-15-25-45(43-21-7-5-8-22-43)55(49)41-56-46(26-16-30-50(56)65)44-23-9-6-10-24-44/h5-42H,1-4H3. The zero-order valence-corrected chi connectivity index (χ0v) is 40.8. The van der Waals surface area contributed by atoms with Crippen LogP contribution in [0.25, 0.3) is 98.7 Å². The second-order valence-electron chi connectivity index (χ2n) is 20.6.